The number of aliphatic imine (C=N–C) groups is 1. The Kier molecular flexibility index (Phi) is 3.71. The summed E-state index contributed by atoms with van der Waals surface area (Å²) in [4.78, 5) is 8.62. The van der Waals surface area contributed by atoms with Crippen molar-refractivity contribution in [3.8, 4) is 0 Å². The summed E-state index contributed by atoms with van der Waals surface area (Å²) in [5.74, 6) is 1.98. The topological polar surface area (TPSA) is 54.2 Å². The van der Waals surface area contributed by atoms with E-state index in [1.807, 2.05) is 18.8 Å². The van der Waals surface area contributed by atoms with Gasteiger partial charge < -0.3 is 15.2 Å². The first kappa shape index (κ1) is 11.3. The second kappa shape index (κ2) is 5.25. The van der Waals surface area contributed by atoms with Crippen LogP contribution in [0.5, 0.6) is 0 Å². The van der Waals surface area contributed by atoms with Gasteiger partial charge in [0.2, 0.25) is 0 Å². The van der Waals surface area contributed by atoms with Crippen molar-refractivity contribution >= 4 is 17.7 Å². The van der Waals surface area contributed by atoms with Crippen LogP contribution >= 0.6 is 11.8 Å². The van der Waals surface area contributed by atoms with Crippen molar-refractivity contribution in [1.29, 1.82) is 0 Å². The molecular formula is C10H17N5S. The van der Waals surface area contributed by atoms with Crippen molar-refractivity contribution in [2.75, 3.05) is 26.4 Å². The zero-order chi connectivity index (χ0) is 11.4. The minimum Gasteiger partial charge on any atom is -0.359 e. The molecule has 1 aliphatic rings. The fourth-order valence-corrected chi connectivity index (χ4v) is 2.63. The molecule has 0 spiro atoms. The second-order valence-electron chi connectivity index (χ2n) is 3.56. The van der Waals surface area contributed by atoms with Crippen LogP contribution in [0.1, 0.15) is 5.69 Å². The first-order valence-corrected chi connectivity index (χ1v) is 6.39. The number of thioether (sulfide) groups is 1. The fraction of sp³-hybridized carbons (Fsp3) is 0.600. The first-order chi connectivity index (χ1) is 7.83. The average Bonchev–Trinajstić information content (AvgIpc) is 2.84. The van der Waals surface area contributed by atoms with Gasteiger partial charge in [0, 0.05) is 45.6 Å². The van der Waals surface area contributed by atoms with Crippen LogP contribution in [-0.4, -0.2) is 41.9 Å². The maximum absolute atomic E-state index is 4.56. The van der Waals surface area contributed by atoms with Crippen LogP contribution in [0.4, 0.5) is 0 Å². The van der Waals surface area contributed by atoms with Gasteiger partial charge >= 0.3 is 0 Å². The lowest BCUT2D eigenvalue weighted by molar-refractivity contribution is 0.719. The van der Waals surface area contributed by atoms with Crippen molar-refractivity contribution in [2.45, 2.75) is 18.1 Å². The summed E-state index contributed by atoms with van der Waals surface area (Å²) in [6.45, 7) is 1.95. The summed E-state index contributed by atoms with van der Waals surface area (Å²) in [6, 6.07) is 0. The highest BCUT2D eigenvalue weighted by molar-refractivity contribution is 7.99. The van der Waals surface area contributed by atoms with Gasteiger partial charge in [0.05, 0.1) is 5.69 Å². The van der Waals surface area contributed by atoms with E-state index in [2.05, 4.69) is 31.4 Å². The molecule has 88 valence electrons. The molecule has 1 aromatic rings. The summed E-state index contributed by atoms with van der Waals surface area (Å²) < 4.78 is 2.23. The average molecular weight is 239 g/mol. The van der Waals surface area contributed by atoms with Crippen LogP contribution in [0.15, 0.2) is 16.3 Å². The van der Waals surface area contributed by atoms with E-state index in [4.69, 9.17) is 0 Å². The lowest BCUT2D eigenvalue weighted by Crippen LogP contribution is -2.35. The summed E-state index contributed by atoms with van der Waals surface area (Å²) in [5.41, 5.74) is 1.15. The summed E-state index contributed by atoms with van der Waals surface area (Å²) >= 11 is 1.83. The molecule has 6 heteroatoms. The smallest absolute Gasteiger partial charge is 0.190 e. The summed E-state index contributed by atoms with van der Waals surface area (Å²) in [6.07, 6.45) is 3.08. The van der Waals surface area contributed by atoms with Gasteiger partial charge in [-0.2, -0.15) is 0 Å². The van der Waals surface area contributed by atoms with Gasteiger partial charge in [-0.15, -0.1) is 0 Å². The molecule has 5 nitrogen and oxygen atoms in total. The molecule has 0 aliphatic carbocycles. The van der Waals surface area contributed by atoms with E-state index < -0.39 is 0 Å². The van der Waals surface area contributed by atoms with E-state index >= 15 is 0 Å². The van der Waals surface area contributed by atoms with Gasteiger partial charge in [0.25, 0.3) is 0 Å². The van der Waals surface area contributed by atoms with Crippen molar-refractivity contribution < 1.29 is 0 Å². The minimum absolute atomic E-state index is 0.820. The van der Waals surface area contributed by atoms with Gasteiger partial charge in [0.1, 0.15) is 0 Å². The Morgan fingerprint density at radius 3 is 3.25 bits per heavy atom. The third-order valence-electron chi connectivity index (χ3n) is 2.49. The SMILES string of the molecule is CN=C(NC)NCCc1cn2c(n1)SCC2. The van der Waals surface area contributed by atoms with Crippen LogP contribution in [0.25, 0.3) is 0 Å². The Hall–Kier alpha value is -1.17. The van der Waals surface area contributed by atoms with Gasteiger partial charge in [-0.05, 0) is 0 Å². The largest absolute Gasteiger partial charge is 0.359 e. The molecule has 0 radical (unpaired) electrons. The molecule has 0 aromatic carbocycles. The van der Waals surface area contributed by atoms with Crippen LogP contribution in [0.3, 0.4) is 0 Å². The molecule has 2 heterocycles. The van der Waals surface area contributed by atoms with E-state index in [1.165, 1.54) is 0 Å². The van der Waals surface area contributed by atoms with Gasteiger partial charge in [0.15, 0.2) is 11.1 Å². The number of aryl methyl sites for hydroxylation is 1. The molecule has 0 saturated heterocycles. The highest BCUT2D eigenvalue weighted by Crippen LogP contribution is 2.24. The number of imidazole rings is 1. The Morgan fingerprint density at radius 2 is 2.56 bits per heavy atom. The maximum atomic E-state index is 4.56. The standard InChI is InChI=1S/C10H17N5S/c1-11-9(12-2)13-4-3-8-7-15-5-6-16-10(15)14-8/h7H,3-6H2,1-2H3,(H2,11,12,13). The summed E-state index contributed by atoms with van der Waals surface area (Å²) in [5, 5.41) is 7.36. The zero-order valence-electron chi connectivity index (χ0n) is 9.66. The number of fused-ring (bicyclic) bond motifs is 1. The molecule has 1 aromatic heterocycles. The Balaban J connectivity index is 1.81. The number of aromatic nitrogens is 2. The second-order valence-corrected chi connectivity index (χ2v) is 4.62. The van der Waals surface area contributed by atoms with Crippen LogP contribution < -0.4 is 10.6 Å². The molecule has 1 aliphatic heterocycles. The lowest BCUT2D eigenvalue weighted by atomic mass is 10.3. The van der Waals surface area contributed by atoms with Crippen molar-refractivity contribution in [3.63, 3.8) is 0 Å². The Morgan fingerprint density at radius 1 is 1.69 bits per heavy atom. The molecule has 16 heavy (non-hydrogen) atoms. The lowest BCUT2D eigenvalue weighted by Gasteiger charge is -2.06. The molecule has 0 atom stereocenters. The predicted molar refractivity (Wildman–Crippen MR) is 67.1 cm³/mol. The predicted octanol–water partition coefficient (Wildman–Crippen LogP) is 0.326. The van der Waals surface area contributed by atoms with Crippen molar-refractivity contribution in [2.24, 2.45) is 4.99 Å². The molecule has 0 amide bonds. The monoisotopic (exact) mass is 239 g/mol. The third kappa shape index (κ3) is 2.49. The quantitative estimate of drug-likeness (QED) is 0.589. The third-order valence-corrected chi connectivity index (χ3v) is 3.46. The van der Waals surface area contributed by atoms with Crippen LogP contribution in [0.2, 0.25) is 0 Å². The number of nitrogens with one attached hydrogen (secondary N) is 2. The van der Waals surface area contributed by atoms with Gasteiger partial charge in [-0.1, -0.05) is 11.8 Å². The fourth-order valence-electron chi connectivity index (χ4n) is 1.67. The Labute approximate surface area is 99.7 Å². The highest BCUT2D eigenvalue weighted by atomic mass is 32.2. The molecule has 0 unspecified atom stereocenters. The van der Waals surface area contributed by atoms with Crippen LogP contribution in [0, 0.1) is 0 Å². The van der Waals surface area contributed by atoms with Crippen LogP contribution in [-0.2, 0) is 13.0 Å². The maximum Gasteiger partial charge on any atom is 0.190 e. The normalized spacial score (nSPS) is 15.0. The molecule has 0 fully saturated rings. The first-order valence-electron chi connectivity index (χ1n) is 5.40. The number of hydrogen-bond acceptors (Lipinski definition) is 3. The number of nitrogens with zero attached hydrogens (tertiary/aromatic N) is 3. The summed E-state index contributed by atoms with van der Waals surface area (Å²) in [7, 11) is 3.62. The Bertz CT molecular complexity index is 363. The molecule has 2 N–H and O–H groups in total. The van der Waals surface area contributed by atoms with E-state index in [0.29, 0.717) is 0 Å². The van der Waals surface area contributed by atoms with Gasteiger partial charge in [-0.3, -0.25) is 4.99 Å². The number of hydrogen-bond donors (Lipinski definition) is 2. The highest BCUT2D eigenvalue weighted by Gasteiger charge is 2.13. The minimum atomic E-state index is 0.820. The van der Waals surface area contributed by atoms with Crippen molar-refractivity contribution in [1.82, 2.24) is 20.2 Å². The number of rotatable bonds is 3. The molecule has 0 bridgehead atoms. The van der Waals surface area contributed by atoms with Gasteiger partial charge in [-0.25, -0.2) is 4.98 Å². The van der Waals surface area contributed by atoms with E-state index in [0.717, 1.165) is 42.1 Å². The zero-order valence-corrected chi connectivity index (χ0v) is 10.5. The number of guanidine groups is 1. The molecule has 2 rings (SSSR count). The van der Waals surface area contributed by atoms with E-state index in [-0.39, 0.29) is 0 Å². The van der Waals surface area contributed by atoms with E-state index in [9.17, 15) is 0 Å². The van der Waals surface area contributed by atoms with Crippen molar-refractivity contribution in [3.05, 3.63) is 11.9 Å². The molecule has 0 saturated carbocycles. The molecular weight excluding hydrogens is 222 g/mol. The van der Waals surface area contributed by atoms with E-state index in [1.54, 1.807) is 7.05 Å².